The van der Waals surface area contributed by atoms with E-state index in [9.17, 15) is 4.79 Å². The van der Waals surface area contributed by atoms with Gasteiger partial charge in [-0.1, -0.05) is 66.6 Å². The van der Waals surface area contributed by atoms with Gasteiger partial charge in [0.15, 0.2) is 0 Å². The third kappa shape index (κ3) is 5.66. The molecular weight excluding hydrogens is 314 g/mol. The van der Waals surface area contributed by atoms with Crippen molar-refractivity contribution >= 4 is 5.97 Å². The van der Waals surface area contributed by atoms with Crippen LogP contribution >= 0.6 is 0 Å². The van der Waals surface area contributed by atoms with Gasteiger partial charge in [0, 0.05) is 11.0 Å². The van der Waals surface area contributed by atoms with Crippen LogP contribution in [0.25, 0.3) is 21.6 Å². The fourth-order valence-corrected chi connectivity index (χ4v) is 2.77. The van der Waals surface area contributed by atoms with Crippen LogP contribution in [-0.2, 0) is 16.0 Å². The number of carbonyl (C=O) groups excluding carboxylic acids is 1. The van der Waals surface area contributed by atoms with Gasteiger partial charge in [0.25, 0.3) is 0 Å². The Balaban J connectivity index is 2.04. The molecule has 2 atom stereocenters. The molecule has 0 saturated carbocycles. The van der Waals surface area contributed by atoms with Crippen LogP contribution in [0.2, 0.25) is 0 Å². The van der Waals surface area contributed by atoms with E-state index in [0.29, 0.717) is 19.4 Å². The summed E-state index contributed by atoms with van der Waals surface area (Å²) >= 11 is 0. The second-order valence-electron chi connectivity index (χ2n) is 6.01. The highest BCUT2D eigenvalue weighted by atomic mass is 16.5. The molecule has 0 bridgehead atoms. The van der Waals surface area contributed by atoms with Crippen molar-refractivity contribution in [3.05, 3.63) is 70.6 Å². The van der Waals surface area contributed by atoms with E-state index in [1.165, 1.54) is 0 Å². The van der Waals surface area contributed by atoms with Crippen LogP contribution in [0.3, 0.4) is 0 Å². The summed E-state index contributed by atoms with van der Waals surface area (Å²) in [4.78, 5) is 14.7. The first-order valence-electron chi connectivity index (χ1n) is 8.49. The Morgan fingerprint density at radius 1 is 1.12 bits per heavy atom. The van der Waals surface area contributed by atoms with Crippen molar-refractivity contribution in [2.45, 2.75) is 32.7 Å². The first-order chi connectivity index (χ1) is 12.1. The molecular formula is C20H23N3O2. The van der Waals surface area contributed by atoms with E-state index in [4.69, 9.17) is 10.3 Å². The highest BCUT2D eigenvalue weighted by Crippen LogP contribution is 2.21. The highest BCUT2D eigenvalue weighted by Gasteiger charge is 2.19. The van der Waals surface area contributed by atoms with Crippen LogP contribution in [0.15, 0.2) is 59.7 Å². The monoisotopic (exact) mass is 337 g/mol. The number of nitrogens with zero attached hydrogens (tertiary/aromatic N) is 3. The van der Waals surface area contributed by atoms with E-state index in [1.807, 2.05) is 30.3 Å². The third-order valence-corrected chi connectivity index (χ3v) is 4.06. The van der Waals surface area contributed by atoms with Gasteiger partial charge in [0.05, 0.1) is 12.5 Å². The molecule has 2 aromatic rings. The van der Waals surface area contributed by atoms with Crippen LogP contribution in [0.4, 0.5) is 0 Å². The summed E-state index contributed by atoms with van der Waals surface area (Å²) in [7, 11) is 0. The highest BCUT2D eigenvalue weighted by molar-refractivity contribution is 5.72. The van der Waals surface area contributed by atoms with Gasteiger partial charge in [-0.2, -0.15) is 0 Å². The largest absolute Gasteiger partial charge is 0.466 e. The van der Waals surface area contributed by atoms with Crippen LogP contribution in [0.1, 0.15) is 25.8 Å². The first kappa shape index (κ1) is 18.6. The van der Waals surface area contributed by atoms with E-state index < -0.39 is 0 Å². The van der Waals surface area contributed by atoms with Gasteiger partial charge in [-0.15, -0.1) is 0 Å². The van der Waals surface area contributed by atoms with Crippen LogP contribution in [-0.4, -0.2) is 18.6 Å². The number of hydrogen-bond acceptors (Lipinski definition) is 3. The fraction of sp³-hybridized carbons (Fsp3) is 0.350. The van der Waals surface area contributed by atoms with E-state index in [2.05, 4.69) is 34.3 Å². The average molecular weight is 337 g/mol. The molecule has 5 heteroatoms. The molecule has 0 fully saturated rings. The van der Waals surface area contributed by atoms with Crippen molar-refractivity contribution in [3.63, 3.8) is 0 Å². The lowest BCUT2D eigenvalue weighted by Gasteiger charge is -2.16. The van der Waals surface area contributed by atoms with Crippen molar-refractivity contribution in [2.75, 3.05) is 6.61 Å². The van der Waals surface area contributed by atoms with Crippen LogP contribution < -0.4 is 0 Å². The molecule has 0 N–H and O–H groups in total. The second-order valence-corrected chi connectivity index (χ2v) is 6.01. The van der Waals surface area contributed by atoms with E-state index in [0.717, 1.165) is 16.7 Å². The van der Waals surface area contributed by atoms with Gasteiger partial charge in [0.2, 0.25) is 0 Å². The van der Waals surface area contributed by atoms with Gasteiger partial charge in [-0.05, 0) is 42.0 Å². The normalized spacial score (nSPS) is 12.7. The molecule has 0 spiro atoms. The molecule has 0 saturated heterocycles. The summed E-state index contributed by atoms with van der Waals surface area (Å²) in [6, 6.07) is 18.1. The molecule has 0 heterocycles. The van der Waals surface area contributed by atoms with Crippen molar-refractivity contribution in [1.82, 2.24) is 0 Å². The lowest BCUT2D eigenvalue weighted by molar-refractivity contribution is -0.147. The topological polar surface area (TPSA) is 75.1 Å². The Morgan fingerprint density at radius 2 is 1.76 bits per heavy atom. The summed E-state index contributed by atoms with van der Waals surface area (Å²) in [5.74, 6) is -0.542. The zero-order valence-electron chi connectivity index (χ0n) is 14.6. The molecule has 5 nitrogen and oxygen atoms in total. The van der Waals surface area contributed by atoms with Crippen LogP contribution in [0, 0.1) is 5.92 Å². The summed E-state index contributed by atoms with van der Waals surface area (Å²) in [6.07, 6.45) is 1.08. The van der Waals surface area contributed by atoms with Gasteiger partial charge in [-0.25, -0.2) is 0 Å². The average Bonchev–Trinajstić information content (AvgIpc) is 2.63. The molecule has 0 unspecified atom stereocenters. The summed E-state index contributed by atoms with van der Waals surface area (Å²) in [5.41, 5.74) is 12.2. The number of rotatable bonds is 8. The molecule has 0 aromatic heterocycles. The number of benzene rings is 2. The second kappa shape index (κ2) is 9.50. The van der Waals surface area contributed by atoms with Crippen molar-refractivity contribution in [2.24, 2.45) is 11.0 Å². The van der Waals surface area contributed by atoms with E-state index in [1.54, 1.807) is 13.8 Å². The van der Waals surface area contributed by atoms with Gasteiger partial charge in [0.1, 0.15) is 0 Å². The Labute approximate surface area is 148 Å². The Kier molecular flexibility index (Phi) is 7.05. The van der Waals surface area contributed by atoms with E-state index in [-0.39, 0.29) is 17.9 Å². The Hall–Kier alpha value is -2.78. The van der Waals surface area contributed by atoms with Gasteiger partial charge < -0.3 is 4.74 Å². The lowest BCUT2D eigenvalue weighted by atomic mass is 9.95. The SMILES string of the molecule is CCOC(=O)[C@H](C)C[C@@H](Cc1ccc(-c2ccccc2)cc1)N=[N+]=[N-]. The molecule has 2 aromatic carbocycles. The number of carbonyl (C=O) groups is 1. The molecule has 0 aliphatic carbocycles. The van der Waals surface area contributed by atoms with Crippen molar-refractivity contribution < 1.29 is 9.53 Å². The summed E-state index contributed by atoms with van der Waals surface area (Å²) < 4.78 is 5.02. The zero-order chi connectivity index (χ0) is 18.1. The molecule has 2 rings (SSSR count). The maximum absolute atomic E-state index is 11.8. The molecule has 0 radical (unpaired) electrons. The van der Waals surface area contributed by atoms with Crippen LogP contribution in [0.5, 0.6) is 0 Å². The molecule has 130 valence electrons. The lowest BCUT2D eigenvalue weighted by Crippen LogP contribution is -2.21. The number of hydrogen-bond donors (Lipinski definition) is 0. The number of azide groups is 1. The quantitative estimate of drug-likeness (QED) is 0.288. The van der Waals surface area contributed by atoms with Crippen molar-refractivity contribution in [3.8, 4) is 11.1 Å². The Bertz CT molecular complexity index is 722. The maximum atomic E-state index is 11.8. The van der Waals surface area contributed by atoms with Crippen molar-refractivity contribution in [1.29, 1.82) is 0 Å². The molecule has 0 aliphatic heterocycles. The minimum Gasteiger partial charge on any atom is -0.466 e. The molecule has 25 heavy (non-hydrogen) atoms. The van der Waals surface area contributed by atoms with Gasteiger partial charge in [-0.3, -0.25) is 4.79 Å². The summed E-state index contributed by atoms with van der Waals surface area (Å²) in [5, 5.41) is 3.86. The molecule has 0 amide bonds. The van der Waals surface area contributed by atoms with E-state index >= 15 is 0 Å². The Morgan fingerprint density at radius 3 is 2.36 bits per heavy atom. The number of ether oxygens (including phenoxy) is 1. The zero-order valence-corrected chi connectivity index (χ0v) is 14.6. The maximum Gasteiger partial charge on any atom is 0.308 e. The predicted octanol–water partition coefficient (Wildman–Crippen LogP) is 5.16. The van der Waals surface area contributed by atoms with Gasteiger partial charge >= 0.3 is 5.97 Å². The fourth-order valence-electron chi connectivity index (χ4n) is 2.77. The predicted molar refractivity (Wildman–Crippen MR) is 98.9 cm³/mol. The minimum absolute atomic E-state index is 0.250. The molecule has 0 aliphatic rings. The standard InChI is InChI=1S/C20H23N3O2/c1-3-25-20(24)15(2)13-19(22-23-21)14-16-9-11-18(12-10-16)17-7-5-4-6-8-17/h4-12,15,19H,3,13-14H2,1-2H3/t15-,19+/m1/s1. The smallest absolute Gasteiger partial charge is 0.308 e. The first-order valence-corrected chi connectivity index (χ1v) is 8.49. The minimum atomic E-state index is -0.293. The third-order valence-electron chi connectivity index (χ3n) is 4.06. The number of esters is 1. The summed E-state index contributed by atoms with van der Waals surface area (Å²) in [6.45, 7) is 3.94.